The first kappa shape index (κ1) is 13.0. The molecular weight excluding hydrogens is 288 g/mol. The summed E-state index contributed by atoms with van der Waals surface area (Å²) in [6.45, 7) is 0. The van der Waals surface area contributed by atoms with E-state index in [-0.39, 0.29) is 5.91 Å². The zero-order valence-corrected chi connectivity index (χ0v) is 11.4. The van der Waals surface area contributed by atoms with Crippen LogP contribution < -0.4 is 5.32 Å². The fourth-order valence-corrected chi connectivity index (χ4v) is 2.59. The molecule has 0 atom stereocenters. The van der Waals surface area contributed by atoms with E-state index >= 15 is 0 Å². The predicted octanol–water partition coefficient (Wildman–Crippen LogP) is 3.81. The number of thiophene rings is 1. The van der Waals surface area contributed by atoms with Gasteiger partial charge in [0, 0.05) is 10.3 Å². The molecule has 0 saturated heterocycles. The fourth-order valence-electron chi connectivity index (χ4n) is 1.32. The second-order valence-electron chi connectivity index (χ2n) is 3.43. The second kappa shape index (κ2) is 5.44. The van der Waals surface area contributed by atoms with Crippen molar-refractivity contribution in [1.82, 2.24) is 0 Å². The van der Waals surface area contributed by atoms with Crippen LogP contribution in [0.5, 0.6) is 0 Å². The van der Waals surface area contributed by atoms with Crippen LogP contribution in [0.15, 0.2) is 34.5 Å². The minimum absolute atomic E-state index is 0.244. The van der Waals surface area contributed by atoms with Crippen molar-refractivity contribution in [3.63, 3.8) is 0 Å². The Kier molecular flexibility index (Phi) is 3.92. The topological polar surface area (TPSA) is 52.9 Å². The molecular formula is C12H7ClN2OS2. The third-order valence-corrected chi connectivity index (χ3v) is 3.83. The summed E-state index contributed by atoms with van der Waals surface area (Å²) in [4.78, 5) is 13.2. The van der Waals surface area contributed by atoms with Gasteiger partial charge in [-0.25, -0.2) is 0 Å². The molecule has 6 heteroatoms. The monoisotopic (exact) mass is 294 g/mol. The van der Waals surface area contributed by atoms with Gasteiger partial charge in [0.2, 0.25) is 0 Å². The molecule has 1 aromatic heterocycles. The first-order valence-corrected chi connectivity index (χ1v) is 6.59. The van der Waals surface area contributed by atoms with Gasteiger partial charge in [0.15, 0.2) is 0 Å². The molecule has 18 heavy (non-hydrogen) atoms. The lowest BCUT2D eigenvalue weighted by Gasteiger charge is -2.05. The van der Waals surface area contributed by atoms with Gasteiger partial charge in [-0.3, -0.25) is 4.79 Å². The van der Waals surface area contributed by atoms with Crippen LogP contribution in [0.4, 0.5) is 5.69 Å². The number of halogens is 1. The van der Waals surface area contributed by atoms with Gasteiger partial charge in [-0.05, 0) is 24.3 Å². The van der Waals surface area contributed by atoms with E-state index in [1.807, 2.05) is 6.07 Å². The van der Waals surface area contributed by atoms with E-state index in [0.29, 0.717) is 21.2 Å². The van der Waals surface area contributed by atoms with Crippen LogP contribution in [-0.2, 0) is 0 Å². The summed E-state index contributed by atoms with van der Waals surface area (Å²) in [7, 11) is 0. The van der Waals surface area contributed by atoms with Gasteiger partial charge in [0.05, 0.1) is 27.2 Å². The summed E-state index contributed by atoms with van der Waals surface area (Å²) < 4.78 is 0. The van der Waals surface area contributed by atoms with Crippen molar-refractivity contribution in [3.05, 3.63) is 45.1 Å². The SMILES string of the molecule is N#Cc1ccc(NC(=O)c2cc(S)cs2)c(Cl)c1. The summed E-state index contributed by atoms with van der Waals surface area (Å²) in [5.74, 6) is -0.244. The third kappa shape index (κ3) is 2.85. The predicted molar refractivity (Wildman–Crippen MR) is 75.7 cm³/mol. The van der Waals surface area contributed by atoms with Crippen LogP contribution in [0.25, 0.3) is 0 Å². The maximum Gasteiger partial charge on any atom is 0.265 e. The molecule has 0 aliphatic rings. The van der Waals surface area contributed by atoms with E-state index in [4.69, 9.17) is 16.9 Å². The van der Waals surface area contributed by atoms with Gasteiger partial charge < -0.3 is 5.32 Å². The van der Waals surface area contributed by atoms with E-state index in [2.05, 4.69) is 17.9 Å². The van der Waals surface area contributed by atoms with Crippen molar-refractivity contribution in [1.29, 1.82) is 5.26 Å². The van der Waals surface area contributed by atoms with Crippen LogP contribution >= 0.6 is 35.6 Å². The van der Waals surface area contributed by atoms with Crippen LogP contribution in [0.1, 0.15) is 15.2 Å². The highest BCUT2D eigenvalue weighted by Gasteiger charge is 2.10. The number of rotatable bonds is 2. The Hall–Kier alpha value is -1.48. The number of carbonyl (C=O) groups is 1. The number of benzene rings is 1. The Morgan fingerprint density at radius 3 is 2.78 bits per heavy atom. The Bertz CT molecular complexity index is 646. The molecule has 1 N–H and O–H groups in total. The van der Waals surface area contributed by atoms with Crippen molar-refractivity contribution in [3.8, 4) is 6.07 Å². The van der Waals surface area contributed by atoms with Gasteiger partial charge in [0.25, 0.3) is 5.91 Å². The number of amides is 1. The smallest absolute Gasteiger partial charge is 0.265 e. The second-order valence-corrected chi connectivity index (χ2v) is 5.26. The molecule has 1 aromatic carbocycles. The van der Waals surface area contributed by atoms with Crippen LogP contribution in [0, 0.1) is 11.3 Å². The zero-order chi connectivity index (χ0) is 13.1. The highest BCUT2D eigenvalue weighted by Crippen LogP contribution is 2.25. The molecule has 0 aliphatic heterocycles. The number of carbonyl (C=O) groups excluding carboxylic acids is 1. The Morgan fingerprint density at radius 2 is 2.22 bits per heavy atom. The Balaban J connectivity index is 2.20. The first-order chi connectivity index (χ1) is 8.60. The Morgan fingerprint density at radius 1 is 1.44 bits per heavy atom. The lowest BCUT2D eigenvalue weighted by molar-refractivity contribution is 0.103. The molecule has 1 amide bonds. The largest absolute Gasteiger partial charge is 0.320 e. The molecule has 0 saturated carbocycles. The van der Waals surface area contributed by atoms with E-state index < -0.39 is 0 Å². The number of hydrogen-bond donors (Lipinski definition) is 2. The summed E-state index contributed by atoms with van der Waals surface area (Å²) in [5.41, 5.74) is 0.932. The van der Waals surface area contributed by atoms with E-state index in [0.717, 1.165) is 4.90 Å². The van der Waals surface area contributed by atoms with Gasteiger partial charge in [0.1, 0.15) is 0 Å². The average Bonchev–Trinajstić information content (AvgIpc) is 2.78. The molecule has 0 aliphatic carbocycles. The molecule has 0 bridgehead atoms. The number of thiol groups is 1. The number of anilines is 1. The number of nitrogens with zero attached hydrogens (tertiary/aromatic N) is 1. The van der Waals surface area contributed by atoms with Crippen LogP contribution in [-0.4, -0.2) is 5.91 Å². The summed E-state index contributed by atoms with van der Waals surface area (Å²) in [6.07, 6.45) is 0. The third-order valence-electron chi connectivity index (χ3n) is 2.16. The number of nitrogens with one attached hydrogen (secondary N) is 1. The minimum Gasteiger partial charge on any atom is -0.320 e. The molecule has 2 aromatic rings. The molecule has 0 unspecified atom stereocenters. The molecule has 90 valence electrons. The van der Waals surface area contributed by atoms with Gasteiger partial charge in [-0.1, -0.05) is 11.6 Å². The minimum atomic E-state index is -0.244. The zero-order valence-electron chi connectivity index (χ0n) is 8.98. The first-order valence-electron chi connectivity index (χ1n) is 4.88. The highest BCUT2D eigenvalue weighted by molar-refractivity contribution is 7.80. The lowest BCUT2D eigenvalue weighted by atomic mass is 10.2. The molecule has 3 nitrogen and oxygen atoms in total. The number of nitriles is 1. The molecule has 0 fully saturated rings. The maximum absolute atomic E-state index is 11.9. The summed E-state index contributed by atoms with van der Waals surface area (Å²) in [5, 5.41) is 13.5. The quantitative estimate of drug-likeness (QED) is 0.828. The fraction of sp³-hybridized carbons (Fsp3) is 0. The van der Waals surface area contributed by atoms with Crippen molar-refractivity contribution in [2.24, 2.45) is 0 Å². The highest BCUT2D eigenvalue weighted by atomic mass is 35.5. The summed E-state index contributed by atoms with van der Waals surface area (Å²) in [6, 6.07) is 8.37. The molecule has 0 spiro atoms. The van der Waals surface area contributed by atoms with Crippen LogP contribution in [0.2, 0.25) is 5.02 Å². The van der Waals surface area contributed by atoms with Gasteiger partial charge in [-0.15, -0.1) is 24.0 Å². The van der Waals surface area contributed by atoms with Crippen LogP contribution in [0.3, 0.4) is 0 Å². The number of hydrogen-bond acceptors (Lipinski definition) is 4. The molecule has 0 radical (unpaired) electrons. The Labute approximate surface area is 118 Å². The van der Waals surface area contributed by atoms with Gasteiger partial charge >= 0.3 is 0 Å². The van der Waals surface area contributed by atoms with Crippen molar-refractivity contribution in [2.45, 2.75) is 4.90 Å². The summed E-state index contributed by atoms with van der Waals surface area (Å²) >= 11 is 11.4. The standard InChI is InChI=1S/C12H7ClN2OS2/c13-9-3-7(5-14)1-2-10(9)15-12(16)11-4-8(17)6-18-11/h1-4,6,17H,(H,15,16). The lowest BCUT2D eigenvalue weighted by Crippen LogP contribution is -2.10. The van der Waals surface area contributed by atoms with E-state index in [1.54, 1.807) is 23.6 Å². The normalized spacial score (nSPS) is 9.83. The van der Waals surface area contributed by atoms with E-state index in [9.17, 15) is 4.79 Å². The van der Waals surface area contributed by atoms with Crippen molar-refractivity contribution < 1.29 is 4.79 Å². The molecule has 2 rings (SSSR count). The van der Waals surface area contributed by atoms with E-state index in [1.165, 1.54) is 17.4 Å². The van der Waals surface area contributed by atoms with Crippen molar-refractivity contribution in [2.75, 3.05) is 5.32 Å². The average molecular weight is 295 g/mol. The maximum atomic E-state index is 11.9. The van der Waals surface area contributed by atoms with Crippen molar-refractivity contribution >= 4 is 47.2 Å². The molecule has 1 heterocycles. The van der Waals surface area contributed by atoms with Gasteiger partial charge in [-0.2, -0.15) is 5.26 Å².